The first-order valence-corrected chi connectivity index (χ1v) is 4.56. The Morgan fingerprint density at radius 1 is 1.38 bits per heavy atom. The van der Waals surface area contributed by atoms with Crippen molar-refractivity contribution in [2.75, 3.05) is 0 Å². The molecule has 2 atom stereocenters. The van der Waals surface area contributed by atoms with Crippen LogP contribution in [0.15, 0.2) is 11.6 Å². The largest absolute Gasteiger partial charge is 0.392 e. The van der Waals surface area contributed by atoms with Gasteiger partial charge in [0.2, 0.25) is 0 Å². The van der Waals surface area contributed by atoms with E-state index in [1.54, 1.807) is 0 Å². The maximum Gasteiger partial charge on any atom is 0.324 e. The number of carbonyl (C=O) groups is 2. The number of ether oxygens (including phenoxy) is 1. The zero-order chi connectivity index (χ0) is 9.27. The molecule has 3 aliphatic rings. The first-order chi connectivity index (χ1) is 6.08. The van der Waals surface area contributed by atoms with Crippen LogP contribution in [0.2, 0.25) is 0 Å². The van der Waals surface area contributed by atoms with Gasteiger partial charge in [-0.05, 0) is 26.2 Å². The first kappa shape index (κ1) is 7.30. The molecule has 0 radical (unpaired) electrons. The highest BCUT2D eigenvalue weighted by Crippen LogP contribution is 2.64. The van der Waals surface area contributed by atoms with Gasteiger partial charge in [-0.1, -0.05) is 11.6 Å². The van der Waals surface area contributed by atoms with Gasteiger partial charge in [-0.3, -0.25) is 9.59 Å². The van der Waals surface area contributed by atoms with Gasteiger partial charge in [0.05, 0.1) is 5.41 Å². The summed E-state index contributed by atoms with van der Waals surface area (Å²) in [5, 5.41) is 0. The summed E-state index contributed by atoms with van der Waals surface area (Å²) in [6.45, 7) is 1.83. The van der Waals surface area contributed by atoms with Crippen LogP contribution in [-0.4, -0.2) is 11.9 Å². The molecule has 3 nitrogen and oxygen atoms in total. The van der Waals surface area contributed by atoms with Crippen molar-refractivity contribution in [3.05, 3.63) is 11.6 Å². The van der Waals surface area contributed by atoms with Crippen molar-refractivity contribution >= 4 is 11.9 Å². The Hall–Kier alpha value is -1.12. The van der Waals surface area contributed by atoms with Gasteiger partial charge < -0.3 is 4.74 Å². The van der Waals surface area contributed by atoms with Crippen LogP contribution < -0.4 is 0 Å². The molecular weight excluding hydrogens is 168 g/mol. The minimum Gasteiger partial charge on any atom is -0.392 e. The summed E-state index contributed by atoms with van der Waals surface area (Å²) < 4.78 is 4.73. The van der Waals surface area contributed by atoms with E-state index >= 15 is 0 Å². The summed E-state index contributed by atoms with van der Waals surface area (Å²) in [4.78, 5) is 23.1. The van der Waals surface area contributed by atoms with Crippen molar-refractivity contribution in [3.63, 3.8) is 0 Å². The van der Waals surface area contributed by atoms with Crippen LogP contribution in [0.1, 0.15) is 26.2 Å². The molecule has 1 aliphatic heterocycles. The number of hydrogen-bond acceptors (Lipinski definition) is 3. The van der Waals surface area contributed by atoms with E-state index in [1.807, 2.05) is 13.0 Å². The zero-order valence-corrected chi connectivity index (χ0v) is 7.42. The van der Waals surface area contributed by atoms with E-state index in [2.05, 4.69) is 0 Å². The van der Waals surface area contributed by atoms with Crippen LogP contribution in [0.5, 0.6) is 0 Å². The third-order valence-corrected chi connectivity index (χ3v) is 3.89. The van der Waals surface area contributed by atoms with E-state index in [0.717, 1.165) is 19.3 Å². The fourth-order valence-corrected chi connectivity index (χ4v) is 2.98. The van der Waals surface area contributed by atoms with Crippen molar-refractivity contribution in [3.8, 4) is 0 Å². The van der Waals surface area contributed by atoms with E-state index in [9.17, 15) is 9.59 Å². The Labute approximate surface area is 75.8 Å². The van der Waals surface area contributed by atoms with Crippen LogP contribution in [0, 0.1) is 10.8 Å². The maximum absolute atomic E-state index is 11.6. The molecule has 0 N–H and O–H groups in total. The van der Waals surface area contributed by atoms with Crippen LogP contribution in [0.25, 0.3) is 0 Å². The summed E-state index contributed by atoms with van der Waals surface area (Å²) >= 11 is 0. The lowest BCUT2D eigenvalue weighted by molar-refractivity contribution is -0.155. The molecule has 1 saturated heterocycles. The van der Waals surface area contributed by atoms with Crippen molar-refractivity contribution in [2.24, 2.45) is 10.8 Å². The predicted octanol–water partition coefficient (Wildman–Crippen LogP) is 1.19. The third-order valence-electron chi connectivity index (χ3n) is 3.89. The molecule has 13 heavy (non-hydrogen) atoms. The number of fused-ring (bicyclic) bond motifs is 1. The molecule has 1 saturated carbocycles. The zero-order valence-electron chi connectivity index (χ0n) is 7.42. The van der Waals surface area contributed by atoms with Crippen molar-refractivity contribution in [2.45, 2.75) is 26.2 Å². The number of cyclic esters (lactones) is 2. The molecule has 0 amide bonds. The van der Waals surface area contributed by atoms with E-state index in [-0.39, 0.29) is 11.9 Å². The highest BCUT2D eigenvalue weighted by Gasteiger charge is 2.69. The van der Waals surface area contributed by atoms with Gasteiger partial charge in [-0.15, -0.1) is 0 Å². The van der Waals surface area contributed by atoms with Crippen molar-refractivity contribution in [1.82, 2.24) is 0 Å². The highest BCUT2D eigenvalue weighted by molar-refractivity contribution is 6.04. The Morgan fingerprint density at radius 2 is 2.15 bits per heavy atom. The molecule has 0 aromatic rings. The molecule has 0 aromatic carbocycles. The number of carbonyl (C=O) groups excluding carboxylic acids is 2. The lowest BCUT2D eigenvalue weighted by Crippen LogP contribution is -2.37. The quantitative estimate of drug-likeness (QED) is 0.318. The highest BCUT2D eigenvalue weighted by atomic mass is 16.6. The van der Waals surface area contributed by atoms with E-state index in [4.69, 9.17) is 4.74 Å². The van der Waals surface area contributed by atoms with Gasteiger partial charge in [0.1, 0.15) is 5.41 Å². The standard InChI is InChI=1S/C10H10O3/c1-9-4-6-2-3-10(9,5-6)8(12)13-7(9)11/h4H,2-3,5H2,1H3. The second-order valence-corrected chi connectivity index (χ2v) is 4.44. The minimum atomic E-state index is -0.641. The second-order valence-electron chi connectivity index (χ2n) is 4.44. The Bertz CT molecular complexity index is 368. The molecule has 0 aromatic heterocycles. The lowest BCUT2D eigenvalue weighted by atomic mass is 9.67. The average Bonchev–Trinajstić information content (AvgIpc) is 2.64. The summed E-state index contributed by atoms with van der Waals surface area (Å²) in [7, 11) is 0. The topological polar surface area (TPSA) is 43.4 Å². The molecule has 2 aliphatic carbocycles. The van der Waals surface area contributed by atoms with Gasteiger partial charge in [0, 0.05) is 0 Å². The number of hydrogen-bond donors (Lipinski definition) is 0. The number of esters is 2. The van der Waals surface area contributed by atoms with Crippen LogP contribution in [0.4, 0.5) is 0 Å². The summed E-state index contributed by atoms with van der Waals surface area (Å²) in [5.41, 5.74) is 0.101. The van der Waals surface area contributed by atoms with Crippen molar-refractivity contribution in [1.29, 1.82) is 0 Å². The van der Waals surface area contributed by atoms with E-state index in [0.29, 0.717) is 0 Å². The molecule has 2 fully saturated rings. The van der Waals surface area contributed by atoms with E-state index in [1.165, 1.54) is 5.57 Å². The molecule has 1 heterocycles. The van der Waals surface area contributed by atoms with Crippen molar-refractivity contribution < 1.29 is 14.3 Å². The van der Waals surface area contributed by atoms with Gasteiger partial charge in [0.15, 0.2) is 0 Å². The van der Waals surface area contributed by atoms with E-state index < -0.39 is 10.8 Å². The maximum atomic E-state index is 11.6. The fraction of sp³-hybridized carbons (Fsp3) is 0.600. The molecule has 68 valence electrons. The Kier molecular flexibility index (Phi) is 0.963. The Morgan fingerprint density at radius 3 is 2.77 bits per heavy atom. The van der Waals surface area contributed by atoms with Gasteiger partial charge in [-0.2, -0.15) is 0 Å². The molecule has 3 heteroatoms. The monoisotopic (exact) mass is 178 g/mol. The lowest BCUT2D eigenvalue weighted by Gasteiger charge is -2.28. The fourth-order valence-electron chi connectivity index (χ4n) is 2.98. The van der Waals surface area contributed by atoms with Gasteiger partial charge >= 0.3 is 11.9 Å². The first-order valence-electron chi connectivity index (χ1n) is 4.56. The molecule has 2 unspecified atom stereocenters. The average molecular weight is 178 g/mol. The Balaban J connectivity index is 2.26. The number of allylic oxidation sites excluding steroid dienone is 1. The van der Waals surface area contributed by atoms with Crippen LogP contribution >= 0.6 is 0 Å². The minimum absolute atomic E-state index is 0.302. The second kappa shape index (κ2) is 1.72. The normalized spacial score (nSPS) is 46.4. The summed E-state index contributed by atoms with van der Waals surface area (Å²) in [6.07, 6.45) is 4.44. The SMILES string of the molecule is CC12C=C3CCC1(C3)C(=O)OC2=O. The van der Waals surface area contributed by atoms with Gasteiger partial charge in [-0.25, -0.2) is 0 Å². The van der Waals surface area contributed by atoms with Crippen LogP contribution in [-0.2, 0) is 14.3 Å². The molecule has 1 spiro atoms. The molecule has 3 rings (SSSR count). The smallest absolute Gasteiger partial charge is 0.324 e. The third kappa shape index (κ3) is 0.539. The molecule has 2 bridgehead atoms. The summed E-state index contributed by atoms with van der Waals surface area (Å²) in [5.74, 6) is -0.657. The van der Waals surface area contributed by atoms with Crippen LogP contribution in [0.3, 0.4) is 0 Å². The predicted molar refractivity (Wildman–Crippen MR) is 43.6 cm³/mol. The van der Waals surface area contributed by atoms with Gasteiger partial charge in [0.25, 0.3) is 0 Å². The number of rotatable bonds is 0. The molecular formula is C10H10O3. The summed E-state index contributed by atoms with van der Waals surface area (Å²) in [6, 6.07) is 0.